The SMILES string of the molecule is O=C(N1CCCC1)n1ccc(S(=O)(=O)c2cc(Cl)cc(Cl)c2)n1. The summed E-state index contributed by atoms with van der Waals surface area (Å²) in [5.74, 6) is 0. The van der Waals surface area contributed by atoms with Crippen LogP contribution >= 0.6 is 23.2 Å². The third-order valence-corrected chi connectivity index (χ3v) is 5.62. The molecule has 0 N–H and O–H groups in total. The molecule has 23 heavy (non-hydrogen) atoms. The highest BCUT2D eigenvalue weighted by Gasteiger charge is 2.25. The molecule has 0 saturated carbocycles. The fourth-order valence-electron chi connectivity index (χ4n) is 2.41. The second-order valence-electron chi connectivity index (χ2n) is 5.18. The van der Waals surface area contributed by atoms with Crippen molar-refractivity contribution >= 4 is 39.1 Å². The molecule has 1 saturated heterocycles. The van der Waals surface area contributed by atoms with Crippen LogP contribution in [0.3, 0.4) is 0 Å². The molecule has 0 aliphatic carbocycles. The van der Waals surface area contributed by atoms with Gasteiger partial charge in [-0.25, -0.2) is 13.2 Å². The molecule has 1 fully saturated rings. The minimum absolute atomic E-state index is 0.0612. The minimum Gasteiger partial charge on any atom is -0.323 e. The van der Waals surface area contributed by atoms with Crippen molar-refractivity contribution in [2.45, 2.75) is 22.8 Å². The molecule has 0 bridgehead atoms. The summed E-state index contributed by atoms with van der Waals surface area (Å²) in [7, 11) is -3.89. The van der Waals surface area contributed by atoms with Crippen molar-refractivity contribution in [1.29, 1.82) is 0 Å². The van der Waals surface area contributed by atoms with Crippen LogP contribution in [0, 0.1) is 0 Å². The average molecular weight is 374 g/mol. The van der Waals surface area contributed by atoms with Gasteiger partial charge in [-0.05, 0) is 37.1 Å². The van der Waals surface area contributed by atoms with Crippen molar-refractivity contribution in [1.82, 2.24) is 14.7 Å². The predicted molar refractivity (Wildman–Crippen MR) is 85.7 cm³/mol. The molecule has 0 atom stereocenters. The van der Waals surface area contributed by atoms with Crippen LogP contribution in [0.1, 0.15) is 12.8 Å². The molecule has 3 rings (SSSR count). The maximum atomic E-state index is 12.6. The summed E-state index contributed by atoms with van der Waals surface area (Å²) in [5, 5.41) is 4.12. The zero-order valence-electron chi connectivity index (χ0n) is 11.9. The molecular weight excluding hydrogens is 361 g/mol. The molecule has 0 unspecified atom stereocenters. The maximum absolute atomic E-state index is 12.6. The number of carbonyl (C=O) groups excluding carboxylic acids is 1. The number of halogens is 2. The number of carbonyl (C=O) groups is 1. The van der Waals surface area contributed by atoms with E-state index in [1.165, 1.54) is 30.5 Å². The number of hydrogen-bond donors (Lipinski definition) is 0. The van der Waals surface area contributed by atoms with Crippen LogP contribution in [0.5, 0.6) is 0 Å². The summed E-state index contributed by atoms with van der Waals surface area (Å²) >= 11 is 11.7. The van der Waals surface area contributed by atoms with Crippen LogP contribution < -0.4 is 0 Å². The first kappa shape index (κ1) is 16.3. The van der Waals surface area contributed by atoms with Crippen molar-refractivity contribution in [2.24, 2.45) is 0 Å². The normalized spacial score (nSPS) is 15.1. The molecule has 1 aliphatic heterocycles. The number of amides is 1. The molecule has 2 aromatic rings. The Bertz CT molecular complexity index is 838. The Hall–Kier alpha value is -1.57. The van der Waals surface area contributed by atoms with E-state index in [2.05, 4.69) is 5.10 Å². The maximum Gasteiger partial charge on any atom is 0.344 e. The minimum atomic E-state index is -3.89. The summed E-state index contributed by atoms with van der Waals surface area (Å²) in [4.78, 5) is 13.8. The van der Waals surface area contributed by atoms with E-state index in [9.17, 15) is 13.2 Å². The van der Waals surface area contributed by atoms with E-state index < -0.39 is 9.84 Å². The Balaban J connectivity index is 1.93. The summed E-state index contributed by atoms with van der Waals surface area (Å²) in [6, 6.07) is 5.00. The molecular formula is C14H13Cl2N3O3S. The van der Waals surface area contributed by atoms with Crippen LogP contribution in [-0.2, 0) is 9.84 Å². The first-order valence-electron chi connectivity index (χ1n) is 6.94. The van der Waals surface area contributed by atoms with Gasteiger partial charge in [-0.3, -0.25) is 0 Å². The number of rotatable bonds is 2. The predicted octanol–water partition coefficient (Wildman–Crippen LogP) is 3.09. The number of hydrogen-bond acceptors (Lipinski definition) is 4. The molecule has 6 nitrogen and oxygen atoms in total. The smallest absolute Gasteiger partial charge is 0.323 e. The van der Waals surface area contributed by atoms with E-state index in [0.717, 1.165) is 17.5 Å². The van der Waals surface area contributed by atoms with Gasteiger partial charge >= 0.3 is 6.03 Å². The highest BCUT2D eigenvalue weighted by atomic mass is 35.5. The van der Waals surface area contributed by atoms with Gasteiger partial charge in [0.05, 0.1) is 4.90 Å². The van der Waals surface area contributed by atoms with Crippen LogP contribution in [0.15, 0.2) is 40.4 Å². The second kappa shape index (κ2) is 6.14. The molecule has 9 heteroatoms. The fourth-order valence-corrected chi connectivity index (χ4v) is 4.31. The van der Waals surface area contributed by atoms with Gasteiger partial charge in [0.25, 0.3) is 0 Å². The Labute approximate surface area is 143 Å². The highest BCUT2D eigenvalue weighted by Crippen LogP contribution is 2.26. The van der Waals surface area contributed by atoms with E-state index in [4.69, 9.17) is 23.2 Å². The quantitative estimate of drug-likeness (QED) is 0.810. The Morgan fingerprint density at radius 1 is 1.09 bits per heavy atom. The number of benzene rings is 1. The van der Waals surface area contributed by atoms with Crippen molar-refractivity contribution in [3.63, 3.8) is 0 Å². The molecule has 2 heterocycles. The Morgan fingerprint density at radius 3 is 2.30 bits per heavy atom. The van der Waals surface area contributed by atoms with Crippen molar-refractivity contribution < 1.29 is 13.2 Å². The van der Waals surface area contributed by atoms with Crippen LogP contribution in [0.25, 0.3) is 0 Å². The largest absolute Gasteiger partial charge is 0.344 e. The Kier molecular flexibility index (Phi) is 4.35. The summed E-state index contributed by atoms with van der Waals surface area (Å²) < 4.78 is 26.2. The average Bonchev–Trinajstić information content (AvgIpc) is 3.17. The molecule has 122 valence electrons. The van der Waals surface area contributed by atoms with E-state index in [1.54, 1.807) is 4.90 Å². The van der Waals surface area contributed by atoms with Gasteiger partial charge in [-0.15, -0.1) is 0 Å². The van der Waals surface area contributed by atoms with Gasteiger partial charge in [0.15, 0.2) is 5.03 Å². The summed E-state index contributed by atoms with van der Waals surface area (Å²) in [5.41, 5.74) is 0. The highest BCUT2D eigenvalue weighted by molar-refractivity contribution is 7.91. The molecule has 0 spiro atoms. The first-order valence-corrected chi connectivity index (χ1v) is 9.18. The van der Waals surface area contributed by atoms with Gasteiger partial charge in [-0.2, -0.15) is 9.78 Å². The fraction of sp³-hybridized carbons (Fsp3) is 0.286. The number of nitrogens with zero attached hydrogens (tertiary/aromatic N) is 3. The number of likely N-dealkylation sites (tertiary alicyclic amines) is 1. The standard InChI is InChI=1S/C14H13Cl2N3O3S/c15-10-7-11(16)9-12(8-10)23(21,22)13-3-6-19(17-13)14(20)18-4-1-2-5-18/h3,6-9H,1-2,4-5H2. The second-order valence-corrected chi connectivity index (χ2v) is 7.95. The molecule has 1 aromatic carbocycles. The first-order chi connectivity index (χ1) is 10.9. The Morgan fingerprint density at radius 2 is 1.70 bits per heavy atom. The third-order valence-electron chi connectivity index (χ3n) is 3.56. The zero-order valence-corrected chi connectivity index (χ0v) is 14.3. The van der Waals surface area contributed by atoms with Crippen LogP contribution in [0.4, 0.5) is 4.79 Å². The third kappa shape index (κ3) is 3.22. The molecule has 0 radical (unpaired) electrons. The number of aromatic nitrogens is 2. The van der Waals surface area contributed by atoms with E-state index in [0.29, 0.717) is 13.1 Å². The van der Waals surface area contributed by atoms with Crippen molar-refractivity contribution in [3.8, 4) is 0 Å². The molecule has 1 aromatic heterocycles. The lowest BCUT2D eigenvalue weighted by atomic mass is 10.4. The van der Waals surface area contributed by atoms with E-state index in [-0.39, 0.29) is 26.0 Å². The monoisotopic (exact) mass is 373 g/mol. The molecule has 1 amide bonds. The lowest BCUT2D eigenvalue weighted by Gasteiger charge is -2.14. The van der Waals surface area contributed by atoms with E-state index in [1.807, 2.05) is 0 Å². The summed E-state index contributed by atoms with van der Waals surface area (Å²) in [6.45, 7) is 1.31. The number of sulfone groups is 1. The lowest BCUT2D eigenvalue weighted by Crippen LogP contribution is -2.32. The topological polar surface area (TPSA) is 72.3 Å². The van der Waals surface area contributed by atoms with Gasteiger partial charge in [-0.1, -0.05) is 23.2 Å². The molecule has 1 aliphatic rings. The van der Waals surface area contributed by atoms with E-state index >= 15 is 0 Å². The van der Waals surface area contributed by atoms with Gasteiger partial charge < -0.3 is 4.90 Å². The lowest BCUT2D eigenvalue weighted by molar-refractivity contribution is 0.207. The van der Waals surface area contributed by atoms with Crippen molar-refractivity contribution in [3.05, 3.63) is 40.5 Å². The zero-order chi connectivity index (χ0) is 16.6. The van der Waals surface area contributed by atoms with Gasteiger partial charge in [0.2, 0.25) is 9.84 Å². The van der Waals surface area contributed by atoms with Gasteiger partial charge in [0, 0.05) is 29.3 Å². The van der Waals surface area contributed by atoms with Gasteiger partial charge in [0.1, 0.15) is 0 Å². The summed E-state index contributed by atoms with van der Waals surface area (Å²) in [6.07, 6.45) is 3.23. The van der Waals surface area contributed by atoms with Crippen molar-refractivity contribution in [2.75, 3.05) is 13.1 Å². The van der Waals surface area contributed by atoms with Crippen LogP contribution in [0.2, 0.25) is 10.0 Å². The van der Waals surface area contributed by atoms with Crippen LogP contribution in [-0.4, -0.2) is 42.2 Å².